The van der Waals surface area contributed by atoms with Gasteiger partial charge in [0, 0.05) is 30.3 Å². The Hall–Kier alpha value is -2.55. The van der Waals surface area contributed by atoms with Gasteiger partial charge in [-0.2, -0.15) is 13.2 Å². The Morgan fingerprint density at radius 2 is 1.94 bits per heavy atom. The van der Waals surface area contributed by atoms with Crippen LogP contribution in [-0.4, -0.2) is 32.4 Å². The van der Waals surface area contributed by atoms with E-state index in [0.29, 0.717) is 16.5 Å². The summed E-state index contributed by atoms with van der Waals surface area (Å²) in [4.78, 5) is 23.1. The van der Waals surface area contributed by atoms with Crippen LogP contribution in [0.5, 0.6) is 0 Å². The molecule has 1 amide bonds. The van der Waals surface area contributed by atoms with Crippen LogP contribution in [0.15, 0.2) is 41.4 Å². The number of fused-ring (bicyclic) bond motifs is 1. The third-order valence-electron chi connectivity index (χ3n) is 5.76. The molecule has 0 spiro atoms. The molecule has 33 heavy (non-hydrogen) atoms. The molecule has 178 valence electrons. The Morgan fingerprint density at radius 1 is 1.24 bits per heavy atom. The number of hydrogen-bond acceptors (Lipinski definition) is 4. The first kappa shape index (κ1) is 25.1. The molecule has 2 aromatic rings. The van der Waals surface area contributed by atoms with Crippen LogP contribution in [-0.2, 0) is 28.8 Å². The number of allylic oxidation sites excluding steroid dienone is 2. The molecule has 0 radical (unpaired) electrons. The quantitative estimate of drug-likeness (QED) is 0.535. The topological polar surface area (TPSA) is 63.2 Å². The van der Waals surface area contributed by atoms with Crippen LogP contribution >= 0.6 is 0 Å². The van der Waals surface area contributed by atoms with Gasteiger partial charge in [0.15, 0.2) is 5.82 Å². The summed E-state index contributed by atoms with van der Waals surface area (Å²) in [7, 11) is -1.36. The third-order valence-corrected chi connectivity index (χ3v) is 7.07. The predicted molar refractivity (Wildman–Crippen MR) is 123 cm³/mol. The smallest absolute Gasteiger partial charge is 0.291 e. The molecule has 0 aromatic carbocycles. The minimum Gasteiger partial charge on any atom is -0.291 e. The maximum atomic E-state index is 13.1. The molecule has 1 unspecified atom stereocenters. The minimum atomic E-state index is -4.57. The van der Waals surface area contributed by atoms with E-state index in [4.69, 9.17) is 0 Å². The van der Waals surface area contributed by atoms with E-state index in [2.05, 4.69) is 16.0 Å². The van der Waals surface area contributed by atoms with Crippen molar-refractivity contribution in [1.29, 1.82) is 0 Å². The summed E-state index contributed by atoms with van der Waals surface area (Å²) in [6, 6.07) is 3.84. The summed E-state index contributed by atoms with van der Waals surface area (Å²) in [5, 5.41) is 0. The molecule has 1 saturated carbocycles. The van der Waals surface area contributed by atoms with E-state index in [-0.39, 0.29) is 29.6 Å². The van der Waals surface area contributed by atoms with Gasteiger partial charge in [0.1, 0.15) is 5.69 Å². The van der Waals surface area contributed by atoms with Gasteiger partial charge in [-0.25, -0.2) is 9.97 Å². The standard InChI is InChI=1S/C22H22F3N3O2S.C2H6/c1-3-8-21(9-10-21)14-12-17(31(30)4-2)19(26-13-14)28-11-7-16-15(20(28)29)5-6-18(27-16)22(23,24)25;1-2/h3,5-6,8,12-13H,4,7,9-11H2,1-2H3;1-2H3. The van der Waals surface area contributed by atoms with Crippen LogP contribution in [0.25, 0.3) is 0 Å². The fraction of sp³-hybridized carbons (Fsp3) is 0.458. The van der Waals surface area contributed by atoms with Gasteiger partial charge in [-0.15, -0.1) is 0 Å². The number of pyridine rings is 2. The zero-order valence-electron chi connectivity index (χ0n) is 19.2. The second kappa shape index (κ2) is 9.75. The number of aromatic nitrogens is 2. The fourth-order valence-corrected chi connectivity index (χ4v) is 4.89. The molecule has 4 rings (SSSR count). The molecular weight excluding hydrogens is 451 g/mol. The van der Waals surface area contributed by atoms with E-state index < -0.39 is 28.6 Å². The number of carbonyl (C=O) groups excluding carboxylic acids is 1. The molecule has 1 aliphatic carbocycles. The van der Waals surface area contributed by atoms with Crippen LogP contribution in [0.3, 0.4) is 0 Å². The highest BCUT2D eigenvalue weighted by molar-refractivity contribution is 7.85. The van der Waals surface area contributed by atoms with Crippen LogP contribution < -0.4 is 4.90 Å². The summed E-state index contributed by atoms with van der Waals surface area (Å²) in [6.45, 7) is 7.87. The van der Waals surface area contributed by atoms with E-state index in [1.807, 2.05) is 32.9 Å². The molecule has 1 aliphatic heterocycles. The van der Waals surface area contributed by atoms with Crippen LogP contribution in [0, 0.1) is 0 Å². The highest BCUT2D eigenvalue weighted by Crippen LogP contribution is 2.50. The summed E-state index contributed by atoms with van der Waals surface area (Å²) in [5.41, 5.74) is 0.0967. The maximum Gasteiger partial charge on any atom is 0.433 e. The number of carbonyl (C=O) groups is 1. The molecule has 0 saturated heterocycles. The Kier molecular flexibility index (Phi) is 7.41. The van der Waals surface area contributed by atoms with Crippen molar-refractivity contribution >= 4 is 22.5 Å². The number of nitrogens with zero attached hydrogens (tertiary/aromatic N) is 3. The van der Waals surface area contributed by atoms with Crippen molar-refractivity contribution in [2.75, 3.05) is 17.2 Å². The first-order valence-corrected chi connectivity index (χ1v) is 12.4. The molecule has 9 heteroatoms. The predicted octanol–water partition coefficient (Wildman–Crippen LogP) is 5.46. The van der Waals surface area contributed by atoms with Crippen LogP contribution in [0.2, 0.25) is 0 Å². The van der Waals surface area contributed by atoms with Gasteiger partial charge >= 0.3 is 6.18 Å². The zero-order valence-corrected chi connectivity index (χ0v) is 20.0. The minimum absolute atomic E-state index is 0.0939. The van der Waals surface area contributed by atoms with E-state index in [0.717, 1.165) is 30.5 Å². The fourth-order valence-electron chi connectivity index (χ4n) is 3.95. The second-order valence-electron chi connectivity index (χ2n) is 7.73. The average Bonchev–Trinajstić information content (AvgIpc) is 3.60. The van der Waals surface area contributed by atoms with Crippen LogP contribution in [0.4, 0.5) is 19.0 Å². The molecule has 1 atom stereocenters. The lowest BCUT2D eigenvalue weighted by Crippen LogP contribution is -2.39. The van der Waals surface area contributed by atoms with Crippen molar-refractivity contribution in [2.45, 2.75) is 63.4 Å². The number of alkyl halides is 3. The largest absolute Gasteiger partial charge is 0.433 e. The second-order valence-corrected chi connectivity index (χ2v) is 9.44. The van der Waals surface area contributed by atoms with Gasteiger partial charge < -0.3 is 0 Å². The van der Waals surface area contributed by atoms with Crippen molar-refractivity contribution < 1.29 is 22.2 Å². The lowest BCUT2D eigenvalue weighted by molar-refractivity contribution is -0.141. The van der Waals surface area contributed by atoms with E-state index >= 15 is 0 Å². The van der Waals surface area contributed by atoms with Gasteiger partial charge in [-0.1, -0.05) is 32.9 Å². The molecular formula is C24H28F3N3O2S. The lowest BCUT2D eigenvalue weighted by atomic mass is 9.97. The van der Waals surface area contributed by atoms with Gasteiger partial charge in [0.25, 0.3) is 5.91 Å². The SMILES string of the molecule is CC.CC=CC1(c2cnc(N3CCc4nc(C(F)(F)F)ccc4C3=O)c(S(=O)CC)c2)CC1. The molecule has 2 aliphatic rings. The molecule has 2 aromatic heterocycles. The normalized spacial score (nSPS) is 17.9. The Balaban J connectivity index is 0.00000149. The number of halogens is 3. The Bertz CT molecular complexity index is 1090. The number of rotatable bonds is 5. The van der Waals surface area contributed by atoms with Gasteiger partial charge in [0.2, 0.25) is 0 Å². The summed E-state index contributed by atoms with van der Waals surface area (Å²) < 4.78 is 51.7. The highest BCUT2D eigenvalue weighted by atomic mass is 32.2. The van der Waals surface area contributed by atoms with E-state index in [1.54, 1.807) is 13.1 Å². The number of amides is 1. The highest BCUT2D eigenvalue weighted by Gasteiger charge is 2.43. The summed E-state index contributed by atoms with van der Waals surface area (Å²) >= 11 is 0. The first-order chi connectivity index (χ1) is 15.7. The van der Waals surface area contributed by atoms with Crippen LogP contribution in [0.1, 0.15) is 67.8 Å². The van der Waals surface area contributed by atoms with E-state index in [1.165, 1.54) is 4.90 Å². The van der Waals surface area contributed by atoms with Gasteiger partial charge in [0.05, 0.1) is 27.0 Å². The van der Waals surface area contributed by atoms with Gasteiger partial charge in [-0.3, -0.25) is 13.9 Å². The van der Waals surface area contributed by atoms with Crippen molar-refractivity contribution in [1.82, 2.24) is 9.97 Å². The Morgan fingerprint density at radius 3 is 2.52 bits per heavy atom. The van der Waals surface area contributed by atoms with Crippen molar-refractivity contribution in [3.05, 3.63) is 59.1 Å². The lowest BCUT2D eigenvalue weighted by Gasteiger charge is -2.29. The molecule has 1 fully saturated rings. The monoisotopic (exact) mass is 479 g/mol. The first-order valence-electron chi connectivity index (χ1n) is 11.1. The average molecular weight is 480 g/mol. The third kappa shape index (κ3) is 4.88. The maximum absolute atomic E-state index is 13.1. The Labute approximate surface area is 194 Å². The summed E-state index contributed by atoms with van der Waals surface area (Å²) in [5.74, 6) is 0.187. The van der Waals surface area contributed by atoms with Crippen molar-refractivity contribution in [3.63, 3.8) is 0 Å². The van der Waals surface area contributed by atoms with Gasteiger partial charge in [-0.05, 0) is 43.5 Å². The molecule has 3 heterocycles. The van der Waals surface area contributed by atoms with E-state index in [9.17, 15) is 22.2 Å². The zero-order chi connectivity index (χ0) is 24.4. The summed E-state index contributed by atoms with van der Waals surface area (Å²) in [6.07, 6.45) is 3.39. The molecule has 5 nitrogen and oxygen atoms in total. The molecule has 0 N–H and O–H groups in total. The van der Waals surface area contributed by atoms with Crippen molar-refractivity contribution in [2.24, 2.45) is 0 Å². The molecule has 0 bridgehead atoms. The number of anilines is 1. The van der Waals surface area contributed by atoms with Crippen molar-refractivity contribution in [3.8, 4) is 0 Å². The number of hydrogen-bond donors (Lipinski definition) is 0.